The van der Waals surface area contributed by atoms with Crippen molar-refractivity contribution in [2.75, 3.05) is 6.61 Å². The van der Waals surface area contributed by atoms with Crippen LogP contribution in [0.5, 0.6) is 11.5 Å². The highest BCUT2D eigenvalue weighted by atomic mass is 19.2. The minimum Gasteiger partial charge on any atom is -0.491 e. The van der Waals surface area contributed by atoms with Crippen LogP contribution in [0.1, 0.15) is 49.8 Å². The maximum Gasteiger partial charge on any atom is 0.167 e. The fraction of sp³-hybridized carbons (Fsp3) is 0.235. The Bertz CT molecular complexity index is 1420. The normalized spacial score (nSPS) is 11.7. The monoisotopic (exact) mass is 546 g/mol. The van der Waals surface area contributed by atoms with Crippen molar-refractivity contribution in [2.45, 2.75) is 45.3 Å². The summed E-state index contributed by atoms with van der Waals surface area (Å²) in [7, 11) is 0. The summed E-state index contributed by atoms with van der Waals surface area (Å²) in [6, 6.07) is 21.3. The first-order valence-electron chi connectivity index (χ1n) is 13.4. The minimum absolute atomic E-state index is 0.133. The van der Waals surface area contributed by atoms with E-state index in [0.717, 1.165) is 24.8 Å². The van der Waals surface area contributed by atoms with Gasteiger partial charge in [0.15, 0.2) is 23.2 Å². The van der Waals surface area contributed by atoms with Crippen LogP contribution < -0.4 is 9.47 Å². The van der Waals surface area contributed by atoms with Crippen molar-refractivity contribution in [1.29, 1.82) is 0 Å². The third kappa shape index (κ3) is 7.13. The average molecular weight is 547 g/mol. The molecule has 3 nitrogen and oxygen atoms in total. The Labute approximate surface area is 233 Å². The smallest absolute Gasteiger partial charge is 0.167 e. The van der Waals surface area contributed by atoms with Gasteiger partial charge < -0.3 is 14.6 Å². The molecule has 1 atom stereocenters. The van der Waals surface area contributed by atoms with Crippen LogP contribution in [0, 0.1) is 17.5 Å². The molecule has 0 bridgehead atoms. The molecule has 0 aliphatic heterocycles. The van der Waals surface area contributed by atoms with Crippen molar-refractivity contribution in [1.82, 2.24) is 0 Å². The number of aliphatic hydroxyl groups excluding tert-OH is 1. The Kier molecular flexibility index (Phi) is 10.0. The molecule has 0 fully saturated rings. The van der Waals surface area contributed by atoms with Crippen molar-refractivity contribution < 1.29 is 27.8 Å². The van der Waals surface area contributed by atoms with Gasteiger partial charge in [0.25, 0.3) is 0 Å². The highest BCUT2D eigenvalue weighted by molar-refractivity contribution is 5.72. The second-order valence-corrected chi connectivity index (χ2v) is 9.57. The SMILES string of the molecule is C=CCCCOc1ccc(COc2ccc(-c3ccc(-c4ccc(C(O)CCC)cc4)c(F)c3F)cc2)cc1F. The largest absolute Gasteiger partial charge is 0.491 e. The van der Waals surface area contributed by atoms with Gasteiger partial charge in [0.1, 0.15) is 12.4 Å². The fourth-order valence-electron chi connectivity index (χ4n) is 4.38. The third-order valence-electron chi connectivity index (χ3n) is 6.63. The summed E-state index contributed by atoms with van der Waals surface area (Å²) in [6.45, 7) is 6.19. The number of hydrogen-bond donors (Lipinski definition) is 1. The molecule has 0 spiro atoms. The molecule has 208 valence electrons. The van der Waals surface area contributed by atoms with E-state index in [9.17, 15) is 9.50 Å². The van der Waals surface area contributed by atoms with Crippen LogP contribution in [-0.4, -0.2) is 11.7 Å². The van der Waals surface area contributed by atoms with Crippen LogP contribution in [0.15, 0.2) is 91.5 Å². The van der Waals surface area contributed by atoms with Gasteiger partial charge in [-0.05, 0) is 65.8 Å². The molecule has 6 heteroatoms. The summed E-state index contributed by atoms with van der Waals surface area (Å²) in [5.74, 6) is -1.63. The highest BCUT2D eigenvalue weighted by Crippen LogP contribution is 2.33. The van der Waals surface area contributed by atoms with Gasteiger partial charge in [-0.1, -0.05) is 74.0 Å². The van der Waals surface area contributed by atoms with Crippen molar-refractivity contribution in [3.63, 3.8) is 0 Å². The number of aliphatic hydroxyl groups is 1. The zero-order chi connectivity index (χ0) is 28.5. The average Bonchev–Trinajstić information content (AvgIpc) is 2.97. The Hall–Kier alpha value is -4.03. The maximum atomic E-state index is 15.1. The highest BCUT2D eigenvalue weighted by Gasteiger charge is 2.17. The summed E-state index contributed by atoms with van der Waals surface area (Å²) >= 11 is 0. The molecule has 0 radical (unpaired) electrons. The Morgan fingerprint density at radius 3 is 2.02 bits per heavy atom. The molecule has 4 aromatic carbocycles. The number of allylic oxidation sites excluding steroid dienone is 1. The van der Waals surface area contributed by atoms with E-state index in [1.165, 1.54) is 6.07 Å². The summed E-state index contributed by atoms with van der Waals surface area (Å²) in [5.41, 5.74) is 2.69. The van der Waals surface area contributed by atoms with Gasteiger partial charge in [-0.15, -0.1) is 6.58 Å². The number of ether oxygens (including phenoxy) is 2. The molecular weight excluding hydrogens is 513 g/mol. The Morgan fingerprint density at radius 2 is 1.45 bits per heavy atom. The molecule has 0 heterocycles. The van der Waals surface area contributed by atoms with Gasteiger partial charge in [-0.2, -0.15) is 0 Å². The van der Waals surface area contributed by atoms with Gasteiger partial charge in [-0.25, -0.2) is 13.2 Å². The lowest BCUT2D eigenvalue weighted by atomic mass is 9.97. The molecule has 4 aromatic rings. The molecule has 40 heavy (non-hydrogen) atoms. The summed E-state index contributed by atoms with van der Waals surface area (Å²) in [6.07, 6.45) is 4.27. The first-order chi connectivity index (χ1) is 19.4. The second kappa shape index (κ2) is 13.9. The molecule has 0 aromatic heterocycles. The van der Waals surface area contributed by atoms with Crippen LogP contribution >= 0.6 is 0 Å². The van der Waals surface area contributed by atoms with Crippen molar-refractivity contribution in [3.05, 3.63) is 120 Å². The van der Waals surface area contributed by atoms with Gasteiger partial charge in [-0.3, -0.25) is 0 Å². The van der Waals surface area contributed by atoms with E-state index < -0.39 is 23.6 Å². The number of benzene rings is 4. The molecule has 0 aliphatic carbocycles. The van der Waals surface area contributed by atoms with Crippen molar-refractivity contribution >= 4 is 0 Å². The van der Waals surface area contributed by atoms with Crippen LogP contribution in [0.25, 0.3) is 22.3 Å². The lowest BCUT2D eigenvalue weighted by molar-refractivity contribution is 0.166. The molecule has 4 rings (SSSR count). The second-order valence-electron chi connectivity index (χ2n) is 9.57. The number of hydrogen-bond acceptors (Lipinski definition) is 3. The number of rotatable bonds is 13. The van der Waals surface area contributed by atoms with Gasteiger partial charge in [0.05, 0.1) is 12.7 Å². The van der Waals surface area contributed by atoms with E-state index in [2.05, 4.69) is 6.58 Å². The van der Waals surface area contributed by atoms with E-state index in [1.54, 1.807) is 78.9 Å². The van der Waals surface area contributed by atoms with Crippen molar-refractivity contribution in [3.8, 4) is 33.8 Å². The van der Waals surface area contributed by atoms with Gasteiger partial charge in [0, 0.05) is 11.1 Å². The first-order valence-corrected chi connectivity index (χ1v) is 13.4. The van der Waals surface area contributed by atoms with Gasteiger partial charge in [0.2, 0.25) is 0 Å². The Balaban J connectivity index is 1.40. The molecule has 0 saturated heterocycles. The summed E-state index contributed by atoms with van der Waals surface area (Å²) in [5, 5.41) is 10.2. The van der Waals surface area contributed by atoms with Crippen LogP contribution in [-0.2, 0) is 6.61 Å². The topological polar surface area (TPSA) is 38.7 Å². The van der Waals surface area contributed by atoms with E-state index in [-0.39, 0.29) is 23.5 Å². The maximum absolute atomic E-state index is 15.1. The number of unbranched alkanes of at least 4 members (excludes halogenated alkanes) is 1. The fourth-order valence-corrected chi connectivity index (χ4v) is 4.38. The molecule has 0 amide bonds. The summed E-state index contributed by atoms with van der Waals surface area (Å²) < 4.78 is 55.7. The molecule has 1 N–H and O–H groups in total. The first kappa shape index (κ1) is 29.0. The van der Waals surface area contributed by atoms with Crippen LogP contribution in [0.2, 0.25) is 0 Å². The Morgan fingerprint density at radius 1 is 0.825 bits per heavy atom. The van der Waals surface area contributed by atoms with E-state index >= 15 is 8.78 Å². The molecule has 1 unspecified atom stereocenters. The quantitative estimate of drug-likeness (QED) is 0.134. The molecule has 0 aliphatic rings. The summed E-state index contributed by atoms with van der Waals surface area (Å²) in [4.78, 5) is 0. The predicted molar refractivity (Wildman–Crippen MR) is 153 cm³/mol. The van der Waals surface area contributed by atoms with E-state index in [4.69, 9.17) is 9.47 Å². The number of halogens is 3. The standard InChI is InChI=1S/C34H33F3O3/c1-3-5-6-20-39-32-19-8-23(21-30(32)35)22-40-27-15-13-25(14-16-27)29-18-17-28(33(36)34(29)37)24-9-11-26(12-10-24)31(38)7-4-2/h3,8-19,21,31,38H,1,4-7,20,22H2,2H3. The van der Waals surface area contributed by atoms with E-state index in [0.29, 0.717) is 35.5 Å². The zero-order valence-electron chi connectivity index (χ0n) is 22.5. The zero-order valence-corrected chi connectivity index (χ0v) is 22.5. The van der Waals surface area contributed by atoms with Gasteiger partial charge >= 0.3 is 0 Å². The van der Waals surface area contributed by atoms with E-state index in [1.807, 2.05) is 6.92 Å². The predicted octanol–water partition coefficient (Wildman–Crippen LogP) is 9.20. The van der Waals surface area contributed by atoms with Crippen LogP contribution in [0.4, 0.5) is 13.2 Å². The molecule has 0 saturated carbocycles. The van der Waals surface area contributed by atoms with Crippen molar-refractivity contribution in [2.24, 2.45) is 0 Å². The molecular formula is C34H33F3O3. The lowest BCUT2D eigenvalue weighted by Gasteiger charge is -2.13. The minimum atomic E-state index is -0.941. The lowest BCUT2D eigenvalue weighted by Crippen LogP contribution is -2.01. The van der Waals surface area contributed by atoms with Crippen LogP contribution in [0.3, 0.4) is 0 Å². The third-order valence-corrected chi connectivity index (χ3v) is 6.63.